The third-order valence-electron chi connectivity index (χ3n) is 3.46. The summed E-state index contributed by atoms with van der Waals surface area (Å²) in [4.78, 5) is 1.28. The maximum absolute atomic E-state index is 12.4. The summed E-state index contributed by atoms with van der Waals surface area (Å²) < 4.78 is 32.7. The van der Waals surface area contributed by atoms with Gasteiger partial charge in [0, 0.05) is 24.6 Å². The predicted molar refractivity (Wildman–Crippen MR) is 80.5 cm³/mol. The van der Waals surface area contributed by atoms with Crippen LogP contribution in [0.1, 0.15) is 31.1 Å². The monoisotopic (exact) mass is 318 g/mol. The molecular formula is C13H22N2O3S2. The van der Waals surface area contributed by atoms with Gasteiger partial charge in [-0.15, -0.1) is 11.3 Å². The molecule has 1 aromatic heterocycles. The first-order chi connectivity index (χ1) is 9.56. The van der Waals surface area contributed by atoms with Crippen molar-refractivity contribution in [3.05, 3.63) is 16.3 Å². The number of thiophene rings is 1. The van der Waals surface area contributed by atoms with Crippen LogP contribution in [0.5, 0.6) is 0 Å². The maximum atomic E-state index is 12.4. The van der Waals surface area contributed by atoms with E-state index in [1.165, 1.54) is 11.3 Å². The summed E-state index contributed by atoms with van der Waals surface area (Å²) in [6.45, 7) is 3.58. The average molecular weight is 318 g/mol. The molecule has 7 heteroatoms. The quantitative estimate of drug-likeness (QED) is 0.716. The second kappa shape index (κ2) is 7.00. The zero-order chi connectivity index (χ0) is 14.6. The molecule has 20 heavy (non-hydrogen) atoms. The molecule has 1 heterocycles. The summed E-state index contributed by atoms with van der Waals surface area (Å²) >= 11 is 1.48. The van der Waals surface area contributed by atoms with Gasteiger partial charge in [-0.2, -0.15) is 0 Å². The Morgan fingerprint density at radius 3 is 2.85 bits per heavy atom. The molecule has 0 radical (unpaired) electrons. The molecule has 2 N–H and O–H groups in total. The van der Waals surface area contributed by atoms with Gasteiger partial charge in [-0.1, -0.05) is 6.92 Å². The molecule has 114 valence electrons. The van der Waals surface area contributed by atoms with Crippen LogP contribution in [0.25, 0.3) is 0 Å². The molecule has 2 rings (SSSR count). The van der Waals surface area contributed by atoms with Crippen molar-refractivity contribution in [2.45, 2.75) is 49.8 Å². The molecule has 0 spiro atoms. The third-order valence-corrected chi connectivity index (χ3v) is 6.11. The lowest BCUT2D eigenvalue weighted by molar-refractivity contribution is 0.0236. The van der Waals surface area contributed by atoms with Crippen molar-refractivity contribution < 1.29 is 13.2 Å². The number of ether oxygens (including phenoxy) is 1. The number of rotatable bonds is 8. The molecule has 0 unspecified atom stereocenters. The number of sulfonamides is 1. The first kappa shape index (κ1) is 15.9. The van der Waals surface area contributed by atoms with Crippen molar-refractivity contribution in [1.82, 2.24) is 10.0 Å². The minimum atomic E-state index is -3.41. The number of methoxy groups -OCH3 is 1. The second-order valence-corrected chi connectivity index (χ2v) is 7.72. The zero-order valence-corrected chi connectivity index (χ0v) is 13.5. The minimum absolute atomic E-state index is 0.00120. The van der Waals surface area contributed by atoms with Crippen molar-refractivity contribution >= 4 is 21.4 Å². The molecule has 0 aliphatic heterocycles. The number of nitrogens with one attached hydrogen (secondary N) is 2. The summed E-state index contributed by atoms with van der Waals surface area (Å²) in [7, 11) is -1.75. The molecular weight excluding hydrogens is 296 g/mol. The number of hydrogen-bond acceptors (Lipinski definition) is 5. The molecule has 0 saturated heterocycles. The Bertz CT molecular complexity index is 521. The Morgan fingerprint density at radius 1 is 1.45 bits per heavy atom. The molecule has 1 saturated carbocycles. The van der Waals surface area contributed by atoms with Gasteiger partial charge in [0.05, 0.1) is 11.0 Å². The van der Waals surface area contributed by atoms with Gasteiger partial charge in [-0.05, 0) is 37.3 Å². The lowest BCUT2D eigenvalue weighted by Gasteiger charge is -2.34. The van der Waals surface area contributed by atoms with Crippen molar-refractivity contribution in [2.24, 2.45) is 0 Å². The molecule has 1 aliphatic rings. The van der Waals surface area contributed by atoms with E-state index in [0.717, 1.165) is 30.7 Å². The average Bonchev–Trinajstić information content (AvgIpc) is 2.83. The van der Waals surface area contributed by atoms with Crippen molar-refractivity contribution in [3.8, 4) is 0 Å². The smallest absolute Gasteiger partial charge is 0.241 e. The molecule has 5 nitrogen and oxygen atoms in total. The van der Waals surface area contributed by atoms with Gasteiger partial charge in [0.15, 0.2) is 0 Å². The highest BCUT2D eigenvalue weighted by atomic mass is 32.2. The van der Waals surface area contributed by atoms with E-state index < -0.39 is 10.0 Å². The second-order valence-electron chi connectivity index (χ2n) is 5.03. The summed E-state index contributed by atoms with van der Waals surface area (Å²) in [5.74, 6) is 0. The van der Waals surface area contributed by atoms with E-state index in [1.807, 2.05) is 5.38 Å². The van der Waals surface area contributed by atoms with Gasteiger partial charge in [0.25, 0.3) is 0 Å². The van der Waals surface area contributed by atoms with E-state index in [9.17, 15) is 8.42 Å². The molecule has 0 bridgehead atoms. The molecule has 0 amide bonds. The van der Waals surface area contributed by atoms with Gasteiger partial charge in [-0.25, -0.2) is 13.1 Å². The topological polar surface area (TPSA) is 67.4 Å². The minimum Gasteiger partial charge on any atom is -0.381 e. The summed E-state index contributed by atoms with van der Waals surface area (Å²) in [6.07, 6.45) is 2.73. The van der Waals surface area contributed by atoms with E-state index in [0.29, 0.717) is 11.4 Å². The van der Waals surface area contributed by atoms with Crippen LogP contribution in [0.15, 0.2) is 16.3 Å². The molecule has 1 aromatic rings. The largest absolute Gasteiger partial charge is 0.381 e. The Labute approximate surface area is 124 Å². The maximum Gasteiger partial charge on any atom is 0.241 e. The lowest BCUT2D eigenvalue weighted by Crippen LogP contribution is -2.47. The first-order valence-electron chi connectivity index (χ1n) is 6.89. The van der Waals surface area contributed by atoms with Gasteiger partial charge in [-0.3, -0.25) is 0 Å². The first-order valence-corrected chi connectivity index (χ1v) is 9.25. The van der Waals surface area contributed by atoms with Crippen LogP contribution in [0, 0.1) is 0 Å². The Balaban J connectivity index is 1.97. The lowest BCUT2D eigenvalue weighted by atomic mass is 9.90. The summed E-state index contributed by atoms with van der Waals surface area (Å²) in [5, 5.41) is 5.08. The SMILES string of the molecule is CCCNCc1sccc1S(=O)(=O)NC1CC(OC)C1. The number of hydrogen-bond donors (Lipinski definition) is 2. The highest BCUT2D eigenvalue weighted by Gasteiger charge is 2.33. The van der Waals surface area contributed by atoms with E-state index >= 15 is 0 Å². The Kier molecular flexibility index (Phi) is 5.57. The zero-order valence-electron chi connectivity index (χ0n) is 11.9. The highest BCUT2D eigenvalue weighted by Crippen LogP contribution is 2.27. The summed E-state index contributed by atoms with van der Waals surface area (Å²) in [6, 6.07) is 1.68. The van der Waals surface area contributed by atoms with Gasteiger partial charge in [0.2, 0.25) is 10.0 Å². The Morgan fingerprint density at radius 2 is 2.20 bits per heavy atom. The van der Waals surface area contributed by atoms with Crippen LogP contribution >= 0.6 is 11.3 Å². The molecule has 0 aromatic carbocycles. The van der Waals surface area contributed by atoms with Gasteiger partial charge < -0.3 is 10.1 Å². The molecule has 1 aliphatic carbocycles. The third kappa shape index (κ3) is 3.79. The molecule has 0 atom stereocenters. The highest BCUT2D eigenvalue weighted by molar-refractivity contribution is 7.89. The normalized spacial score (nSPS) is 22.7. The van der Waals surface area contributed by atoms with Crippen LogP contribution in [0.2, 0.25) is 0 Å². The van der Waals surface area contributed by atoms with Gasteiger partial charge >= 0.3 is 0 Å². The van der Waals surface area contributed by atoms with Crippen LogP contribution in [-0.2, 0) is 21.3 Å². The predicted octanol–water partition coefficient (Wildman–Crippen LogP) is 1.70. The van der Waals surface area contributed by atoms with Crippen molar-refractivity contribution in [1.29, 1.82) is 0 Å². The van der Waals surface area contributed by atoms with Crippen LogP contribution in [0.4, 0.5) is 0 Å². The fraction of sp³-hybridized carbons (Fsp3) is 0.692. The van der Waals surface area contributed by atoms with E-state index in [4.69, 9.17) is 4.74 Å². The fourth-order valence-corrected chi connectivity index (χ4v) is 4.89. The van der Waals surface area contributed by atoms with E-state index in [-0.39, 0.29) is 12.1 Å². The van der Waals surface area contributed by atoms with Crippen LogP contribution < -0.4 is 10.0 Å². The summed E-state index contributed by atoms with van der Waals surface area (Å²) in [5.41, 5.74) is 0. The van der Waals surface area contributed by atoms with Gasteiger partial charge in [0.1, 0.15) is 0 Å². The van der Waals surface area contributed by atoms with E-state index in [2.05, 4.69) is 17.0 Å². The van der Waals surface area contributed by atoms with Crippen LogP contribution in [-0.4, -0.2) is 34.2 Å². The van der Waals surface area contributed by atoms with Crippen molar-refractivity contribution in [2.75, 3.05) is 13.7 Å². The fourth-order valence-electron chi connectivity index (χ4n) is 2.21. The van der Waals surface area contributed by atoms with E-state index in [1.54, 1.807) is 13.2 Å². The Hall–Kier alpha value is -0.470. The standard InChI is InChI=1S/C13H22N2O3S2/c1-3-5-14-9-12-13(4-6-19-12)20(16,17)15-10-7-11(8-10)18-2/h4,6,10-11,14-15H,3,5,7-9H2,1-2H3. The molecule has 1 fully saturated rings. The van der Waals surface area contributed by atoms with Crippen LogP contribution in [0.3, 0.4) is 0 Å². The van der Waals surface area contributed by atoms with Crippen molar-refractivity contribution in [3.63, 3.8) is 0 Å².